The molecule has 0 aliphatic heterocycles. The van der Waals surface area contributed by atoms with Crippen molar-refractivity contribution in [1.29, 1.82) is 0 Å². The molecule has 18 heavy (non-hydrogen) atoms. The van der Waals surface area contributed by atoms with Crippen LogP contribution in [0.15, 0.2) is 41.2 Å². The van der Waals surface area contributed by atoms with E-state index in [1.165, 1.54) is 36.0 Å². The third-order valence-electron chi connectivity index (χ3n) is 3.22. The van der Waals surface area contributed by atoms with E-state index in [9.17, 15) is 0 Å². The van der Waals surface area contributed by atoms with Gasteiger partial charge >= 0.3 is 0 Å². The summed E-state index contributed by atoms with van der Waals surface area (Å²) in [4.78, 5) is 4.23. The van der Waals surface area contributed by atoms with Crippen molar-refractivity contribution >= 4 is 29.1 Å². The fraction of sp³-hybridized carbons (Fsp3) is 0.188. The lowest BCUT2D eigenvalue weighted by Gasteiger charge is -2.02. The first-order valence-electron chi connectivity index (χ1n) is 6.27. The second kappa shape index (κ2) is 5.32. The Morgan fingerprint density at radius 3 is 2.67 bits per heavy atom. The molecule has 0 N–H and O–H groups in total. The summed E-state index contributed by atoms with van der Waals surface area (Å²) >= 11 is 1.62. The normalized spacial score (nSPS) is 15.2. The Morgan fingerprint density at radius 1 is 1.11 bits per heavy atom. The number of nitrogens with zero attached hydrogens (tertiary/aromatic N) is 1. The Balaban J connectivity index is 1.75. The van der Waals surface area contributed by atoms with E-state index in [0.29, 0.717) is 0 Å². The van der Waals surface area contributed by atoms with Crippen molar-refractivity contribution in [2.45, 2.75) is 19.3 Å². The molecule has 2 aromatic rings. The van der Waals surface area contributed by atoms with Crippen LogP contribution in [0.1, 0.15) is 36.1 Å². The van der Waals surface area contributed by atoms with E-state index in [0.717, 1.165) is 5.69 Å². The minimum atomic E-state index is 1.03. The average Bonchev–Trinajstić information content (AvgIpc) is 3.10. The van der Waals surface area contributed by atoms with Gasteiger partial charge in [0.2, 0.25) is 0 Å². The van der Waals surface area contributed by atoms with Gasteiger partial charge in [0.05, 0.1) is 11.2 Å². The third kappa shape index (κ3) is 2.59. The molecule has 0 saturated heterocycles. The molecule has 2 heteroatoms. The van der Waals surface area contributed by atoms with E-state index in [2.05, 4.69) is 47.5 Å². The van der Waals surface area contributed by atoms with Crippen LogP contribution in [0.5, 0.6) is 0 Å². The summed E-state index contributed by atoms with van der Waals surface area (Å²) in [6.07, 6.45) is 10.3. The van der Waals surface area contributed by atoms with Crippen molar-refractivity contribution < 1.29 is 0 Å². The Labute approximate surface area is 112 Å². The lowest BCUT2D eigenvalue weighted by Crippen LogP contribution is -1.81. The zero-order chi connectivity index (χ0) is 12.2. The second-order valence-electron chi connectivity index (χ2n) is 4.49. The predicted molar refractivity (Wildman–Crippen MR) is 79.3 cm³/mol. The molecule has 0 bridgehead atoms. The molecule has 1 aliphatic rings. The Bertz CT molecular complexity index is 562. The monoisotopic (exact) mass is 253 g/mol. The third-order valence-corrected chi connectivity index (χ3v) is 3.83. The molecule has 0 amide bonds. The minimum Gasteiger partial charge on any atom is -0.245 e. The van der Waals surface area contributed by atoms with Crippen LogP contribution in [-0.2, 0) is 0 Å². The van der Waals surface area contributed by atoms with Crippen molar-refractivity contribution in [2.75, 3.05) is 0 Å². The van der Waals surface area contributed by atoms with Gasteiger partial charge in [-0.1, -0.05) is 36.4 Å². The number of allylic oxidation sites excluding steroid dienone is 2. The van der Waals surface area contributed by atoms with E-state index in [1.807, 2.05) is 10.9 Å². The molecule has 1 aromatic carbocycles. The van der Waals surface area contributed by atoms with Gasteiger partial charge in [0.15, 0.2) is 0 Å². The summed E-state index contributed by atoms with van der Waals surface area (Å²) in [7, 11) is 0. The first kappa shape index (κ1) is 11.4. The van der Waals surface area contributed by atoms with Crippen LogP contribution in [0.25, 0.3) is 17.7 Å². The van der Waals surface area contributed by atoms with Crippen molar-refractivity contribution in [3.63, 3.8) is 0 Å². The number of aromatic nitrogens is 1. The minimum absolute atomic E-state index is 1.03. The second-order valence-corrected chi connectivity index (χ2v) is 5.21. The van der Waals surface area contributed by atoms with Gasteiger partial charge in [-0.25, -0.2) is 4.98 Å². The van der Waals surface area contributed by atoms with Crippen LogP contribution in [0, 0.1) is 0 Å². The van der Waals surface area contributed by atoms with Crippen molar-refractivity contribution in [3.8, 4) is 0 Å². The lowest BCUT2D eigenvalue weighted by atomic mass is 10.0. The first-order chi connectivity index (χ1) is 8.92. The average molecular weight is 253 g/mol. The SMILES string of the molecule is C1=C(c2ccc(/C=C/c3cscn3)cc2)CCC1. The molecule has 1 aromatic heterocycles. The smallest absolute Gasteiger partial charge is 0.0798 e. The standard InChI is InChI=1S/C16H15NS/c1-2-4-14(3-1)15-8-5-13(6-9-15)7-10-16-11-18-12-17-16/h3,5-12H,1-2,4H2/b10-7+. The maximum atomic E-state index is 4.23. The Hall–Kier alpha value is -1.67. The Kier molecular flexibility index (Phi) is 3.37. The van der Waals surface area contributed by atoms with Crippen LogP contribution >= 0.6 is 11.3 Å². The van der Waals surface area contributed by atoms with Crippen LogP contribution in [0.3, 0.4) is 0 Å². The van der Waals surface area contributed by atoms with Gasteiger partial charge in [0, 0.05) is 5.38 Å². The molecule has 3 rings (SSSR count). The van der Waals surface area contributed by atoms with Crippen LogP contribution in [0.4, 0.5) is 0 Å². The topological polar surface area (TPSA) is 12.9 Å². The van der Waals surface area contributed by atoms with E-state index in [4.69, 9.17) is 0 Å². The molecule has 0 saturated carbocycles. The largest absolute Gasteiger partial charge is 0.245 e. The highest BCUT2D eigenvalue weighted by molar-refractivity contribution is 7.07. The number of hydrogen-bond acceptors (Lipinski definition) is 2. The summed E-state index contributed by atoms with van der Waals surface area (Å²) in [5, 5.41) is 2.05. The van der Waals surface area contributed by atoms with Crippen LogP contribution < -0.4 is 0 Å². The molecule has 90 valence electrons. The van der Waals surface area contributed by atoms with E-state index in [1.54, 1.807) is 11.3 Å². The highest BCUT2D eigenvalue weighted by atomic mass is 32.1. The molecular formula is C16H15NS. The summed E-state index contributed by atoms with van der Waals surface area (Å²) in [6.45, 7) is 0. The molecule has 1 heterocycles. The van der Waals surface area contributed by atoms with Crippen molar-refractivity contribution in [2.24, 2.45) is 0 Å². The molecule has 1 aliphatic carbocycles. The van der Waals surface area contributed by atoms with Crippen LogP contribution in [-0.4, -0.2) is 4.98 Å². The van der Waals surface area contributed by atoms with Crippen LogP contribution in [0.2, 0.25) is 0 Å². The van der Waals surface area contributed by atoms with E-state index in [-0.39, 0.29) is 0 Å². The number of thiazole rings is 1. The maximum absolute atomic E-state index is 4.23. The highest BCUT2D eigenvalue weighted by Gasteiger charge is 2.06. The number of hydrogen-bond donors (Lipinski definition) is 0. The summed E-state index contributed by atoms with van der Waals surface area (Å²) in [6, 6.07) is 8.80. The number of benzene rings is 1. The fourth-order valence-corrected chi connectivity index (χ4v) is 2.75. The van der Waals surface area contributed by atoms with Gasteiger partial charge in [-0.2, -0.15) is 0 Å². The molecule has 0 radical (unpaired) electrons. The predicted octanol–water partition coefficient (Wildman–Crippen LogP) is 4.88. The van der Waals surface area contributed by atoms with Gasteiger partial charge in [0.1, 0.15) is 0 Å². The molecule has 0 fully saturated rings. The van der Waals surface area contributed by atoms with Gasteiger partial charge < -0.3 is 0 Å². The van der Waals surface area contributed by atoms with E-state index >= 15 is 0 Å². The van der Waals surface area contributed by atoms with Crippen molar-refractivity contribution in [1.82, 2.24) is 4.98 Å². The Morgan fingerprint density at radius 2 is 2.00 bits per heavy atom. The molecular weight excluding hydrogens is 238 g/mol. The molecule has 0 unspecified atom stereocenters. The summed E-state index contributed by atoms with van der Waals surface area (Å²) in [5.74, 6) is 0. The lowest BCUT2D eigenvalue weighted by molar-refractivity contribution is 0.935. The maximum Gasteiger partial charge on any atom is 0.0798 e. The van der Waals surface area contributed by atoms with Gasteiger partial charge in [-0.05, 0) is 42.0 Å². The zero-order valence-corrected chi connectivity index (χ0v) is 11.0. The highest BCUT2D eigenvalue weighted by Crippen LogP contribution is 2.27. The quantitative estimate of drug-likeness (QED) is 0.759. The van der Waals surface area contributed by atoms with Crippen molar-refractivity contribution in [3.05, 3.63) is 58.1 Å². The summed E-state index contributed by atoms with van der Waals surface area (Å²) in [5.41, 5.74) is 6.99. The zero-order valence-electron chi connectivity index (χ0n) is 10.2. The van der Waals surface area contributed by atoms with Gasteiger partial charge in [-0.3, -0.25) is 0 Å². The van der Waals surface area contributed by atoms with Gasteiger partial charge in [-0.15, -0.1) is 11.3 Å². The molecule has 1 nitrogen and oxygen atoms in total. The summed E-state index contributed by atoms with van der Waals surface area (Å²) < 4.78 is 0. The van der Waals surface area contributed by atoms with Gasteiger partial charge in [0.25, 0.3) is 0 Å². The number of rotatable bonds is 3. The molecule has 0 atom stereocenters. The fourth-order valence-electron chi connectivity index (χ4n) is 2.23. The first-order valence-corrected chi connectivity index (χ1v) is 7.22. The molecule has 0 spiro atoms. The van der Waals surface area contributed by atoms with E-state index < -0.39 is 0 Å².